The predicted molar refractivity (Wildman–Crippen MR) is 45.4 cm³/mol. The molecule has 82 valence electrons. The zero-order valence-corrected chi connectivity index (χ0v) is 7.42. The van der Waals surface area contributed by atoms with Crippen molar-refractivity contribution in [3.8, 4) is 0 Å². The molecule has 0 amide bonds. The van der Waals surface area contributed by atoms with Crippen molar-refractivity contribution in [2.24, 2.45) is 5.16 Å². The summed E-state index contributed by atoms with van der Waals surface area (Å²) in [5.41, 5.74) is -0.995. The molecule has 1 rings (SSSR count). The third-order valence-corrected chi connectivity index (χ3v) is 1.77. The molecule has 0 spiro atoms. The summed E-state index contributed by atoms with van der Waals surface area (Å²) in [6.45, 7) is 0. The molecule has 0 atom stereocenters. The number of alkyl halides is 3. The van der Waals surface area contributed by atoms with Gasteiger partial charge in [0.05, 0.1) is 5.56 Å². The summed E-state index contributed by atoms with van der Waals surface area (Å²) in [7, 11) is 0. The maximum Gasteiger partial charge on any atom is 0.416 e. The molecule has 0 saturated carbocycles. The van der Waals surface area contributed by atoms with E-state index in [9.17, 15) is 17.6 Å². The molecule has 0 radical (unpaired) electrons. The smallest absolute Gasteiger partial charge is 0.411 e. The van der Waals surface area contributed by atoms with Gasteiger partial charge in [-0.3, -0.25) is 0 Å². The van der Waals surface area contributed by atoms with E-state index in [0.717, 1.165) is 18.3 Å². The van der Waals surface area contributed by atoms with Gasteiger partial charge in [0.15, 0.2) is 0 Å². The first kappa shape index (κ1) is 11.5. The minimum absolute atomic E-state index is 0.0424. The molecule has 0 saturated heterocycles. The number of halogens is 4. The molecular formula is C9H7F4NO. The number of benzene rings is 1. The first-order valence-electron chi connectivity index (χ1n) is 3.96. The highest BCUT2D eigenvalue weighted by atomic mass is 19.4. The van der Waals surface area contributed by atoms with Gasteiger partial charge in [-0.25, -0.2) is 4.39 Å². The minimum Gasteiger partial charge on any atom is -0.411 e. The van der Waals surface area contributed by atoms with Gasteiger partial charge in [0.2, 0.25) is 0 Å². The summed E-state index contributed by atoms with van der Waals surface area (Å²) in [6, 6.07) is 2.21. The van der Waals surface area contributed by atoms with E-state index in [-0.39, 0.29) is 12.0 Å². The average Bonchev–Trinajstić information content (AvgIpc) is 2.14. The summed E-state index contributed by atoms with van der Waals surface area (Å²) >= 11 is 0. The fraction of sp³-hybridized carbons (Fsp3) is 0.222. The molecule has 0 unspecified atom stereocenters. The molecule has 0 aliphatic heterocycles. The highest BCUT2D eigenvalue weighted by Gasteiger charge is 2.30. The van der Waals surface area contributed by atoms with E-state index in [1.54, 1.807) is 0 Å². The summed E-state index contributed by atoms with van der Waals surface area (Å²) in [5, 5.41) is 10.7. The van der Waals surface area contributed by atoms with Crippen LogP contribution < -0.4 is 0 Å². The van der Waals surface area contributed by atoms with Crippen molar-refractivity contribution in [3.05, 3.63) is 35.1 Å². The van der Waals surface area contributed by atoms with E-state index in [1.807, 2.05) is 0 Å². The van der Waals surface area contributed by atoms with Crippen LogP contribution in [0.15, 0.2) is 23.4 Å². The Labute approximate surface area is 82.8 Å². The van der Waals surface area contributed by atoms with Crippen LogP contribution in [0.4, 0.5) is 17.6 Å². The lowest BCUT2D eigenvalue weighted by atomic mass is 10.1. The summed E-state index contributed by atoms with van der Waals surface area (Å²) in [5.74, 6) is -0.968. The Bertz CT molecular complexity index is 373. The van der Waals surface area contributed by atoms with Crippen LogP contribution in [0.2, 0.25) is 0 Å². The van der Waals surface area contributed by atoms with E-state index < -0.39 is 17.6 Å². The molecule has 6 heteroatoms. The van der Waals surface area contributed by atoms with E-state index in [2.05, 4.69) is 5.16 Å². The second-order valence-corrected chi connectivity index (χ2v) is 2.81. The molecule has 1 aromatic rings. The maximum absolute atomic E-state index is 13.1. The van der Waals surface area contributed by atoms with E-state index in [1.165, 1.54) is 0 Å². The molecule has 2 nitrogen and oxygen atoms in total. The molecule has 15 heavy (non-hydrogen) atoms. The number of hydrogen-bond acceptors (Lipinski definition) is 2. The largest absolute Gasteiger partial charge is 0.416 e. The van der Waals surface area contributed by atoms with Crippen LogP contribution in [0.25, 0.3) is 0 Å². The number of hydrogen-bond donors (Lipinski definition) is 1. The van der Waals surface area contributed by atoms with E-state index in [4.69, 9.17) is 5.21 Å². The average molecular weight is 221 g/mol. The standard InChI is InChI=1S/C9H7F4NO/c10-8-5-7(9(11,12)13)2-1-6(8)3-4-14-15/h1-2,4-5,15H,3H2. The van der Waals surface area contributed by atoms with Crippen LogP contribution in [0, 0.1) is 5.82 Å². The van der Waals surface area contributed by atoms with Crippen LogP contribution in [-0.2, 0) is 12.6 Å². The molecule has 0 fully saturated rings. The Morgan fingerprint density at radius 3 is 2.47 bits per heavy atom. The van der Waals surface area contributed by atoms with E-state index >= 15 is 0 Å². The van der Waals surface area contributed by atoms with Crippen molar-refractivity contribution >= 4 is 6.21 Å². The Balaban J connectivity index is 2.98. The summed E-state index contributed by atoms with van der Waals surface area (Å²) in [4.78, 5) is 0. The second-order valence-electron chi connectivity index (χ2n) is 2.81. The zero-order chi connectivity index (χ0) is 11.5. The lowest BCUT2D eigenvalue weighted by Gasteiger charge is -2.07. The lowest BCUT2D eigenvalue weighted by Crippen LogP contribution is -2.06. The number of oxime groups is 1. The third kappa shape index (κ3) is 2.93. The van der Waals surface area contributed by atoms with Crippen molar-refractivity contribution in [3.63, 3.8) is 0 Å². The predicted octanol–water partition coefficient (Wildman–Crippen LogP) is 2.85. The lowest BCUT2D eigenvalue weighted by molar-refractivity contribution is -0.137. The minimum atomic E-state index is -4.55. The Hall–Kier alpha value is -1.59. The van der Waals surface area contributed by atoms with Gasteiger partial charge in [-0.05, 0) is 17.7 Å². The van der Waals surface area contributed by atoms with Gasteiger partial charge >= 0.3 is 6.18 Å². The number of rotatable bonds is 2. The van der Waals surface area contributed by atoms with Gasteiger partial charge in [0, 0.05) is 12.6 Å². The Kier molecular flexibility index (Phi) is 3.28. The molecule has 1 aromatic carbocycles. The van der Waals surface area contributed by atoms with Crippen LogP contribution in [0.1, 0.15) is 11.1 Å². The summed E-state index contributed by atoms with van der Waals surface area (Å²) in [6.07, 6.45) is -3.61. The first-order chi connectivity index (χ1) is 6.95. The molecular weight excluding hydrogens is 214 g/mol. The first-order valence-corrected chi connectivity index (χ1v) is 3.96. The van der Waals surface area contributed by atoms with Gasteiger partial charge < -0.3 is 5.21 Å². The SMILES string of the molecule is ON=CCc1ccc(C(F)(F)F)cc1F. The maximum atomic E-state index is 13.1. The molecule has 1 N–H and O–H groups in total. The quantitative estimate of drug-likeness (QED) is 0.354. The van der Waals surface area contributed by atoms with Gasteiger partial charge in [0.25, 0.3) is 0 Å². The van der Waals surface area contributed by atoms with Gasteiger partial charge in [0.1, 0.15) is 5.82 Å². The van der Waals surface area contributed by atoms with Crippen LogP contribution in [0.3, 0.4) is 0 Å². The van der Waals surface area contributed by atoms with Gasteiger partial charge in [-0.2, -0.15) is 13.2 Å². The van der Waals surface area contributed by atoms with Crippen molar-refractivity contribution in [2.75, 3.05) is 0 Å². The third-order valence-electron chi connectivity index (χ3n) is 1.77. The van der Waals surface area contributed by atoms with Gasteiger partial charge in [-0.15, -0.1) is 5.16 Å². The molecule has 0 bridgehead atoms. The fourth-order valence-electron chi connectivity index (χ4n) is 1.03. The van der Waals surface area contributed by atoms with Gasteiger partial charge in [-0.1, -0.05) is 6.07 Å². The molecule has 0 aliphatic carbocycles. The summed E-state index contributed by atoms with van der Waals surface area (Å²) < 4.78 is 49.4. The van der Waals surface area contributed by atoms with Crippen molar-refractivity contribution in [1.82, 2.24) is 0 Å². The molecule has 0 heterocycles. The zero-order valence-electron chi connectivity index (χ0n) is 7.42. The van der Waals surface area contributed by atoms with Crippen molar-refractivity contribution in [1.29, 1.82) is 0 Å². The molecule has 0 aromatic heterocycles. The number of nitrogens with zero attached hydrogens (tertiary/aromatic N) is 1. The monoisotopic (exact) mass is 221 g/mol. The fourth-order valence-corrected chi connectivity index (χ4v) is 1.03. The normalized spacial score (nSPS) is 12.3. The van der Waals surface area contributed by atoms with Crippen LogP contribution >= 0.6 is 0 Å². The highest BCUT2D eigenvalue weighted by molar-refractivity contribution is 5.60. The Morgan fingerprint density at radius 1 is 1.33 bits per heavy atom. The van der Waals surface area contributed by atoms with Crippen LogP contribution in [-0.4, -0.2) is 11.4 Å². The van der Waals surface area contributed by atoms with Crippen molar-refractivity contribution in [2.45, 2.75) is 12.6 Å². The second kappa shape index (κ2) is 4.29. The topological polar surface area (TPSA) is 32.6 Å². The van der Waals surface area contributed by atoms with Crippen molar-refractivity contribution < 1.29 is 22.8 Å². The Morgan fingerprint density at radius 2 is 2.00 bits per heavy atom. The van der Waals surface area contributed by atoms with Crippen LogP contribution in [0.5, 0.6) is 0 Å². The van der Waals surface area contributed by atoms with E-state index in [0.29, 0.717) is 6.07 Å². The molecule has 0 aliphatic rings. The highest BCUT2D eigenvalue weighted by Crippen LogP contribution is 2.30.